The Morgan fingerprint density at radius 1 is 1.13 bits per heavy atom. The van der Waals surface area contributed by atoms with Crippen molar-refractivity contribution in [3.8, 4) is 0 Å². The van der Waals surface area contributed by atoms with Gasteiger partial charge in [-0.1, -0.05) is 54.2 Å². The summed E-state index contributed by atoms with van der Waals surface area (Å²) in [5.41, 5.74) is 3.22. The zero-order valence-electron chi connectivity index (χ0n) is 13.0. The largest absolute Gasteiger partial charge is 0.352 e. The van der Waals surface area contributed by atoms with Crippen molar-refractivity contribution in [1.82, 2.24) is 14.9 Å². The third-order valence-corrected chi connectivity index (χ3v) is 4.67. The van der Waals surface area contributed by atoms with E-state index in [1.807, 2.05) is 55.6 Å². The third-order valence-electron chi connectivity index (χ3n) is 3.64. The van der Waals surface area contributed by atoms with Crippen LogP contribution in [0.4, 0.5) is 0 Å². The van der Waals surface area contributed by atoms with Crippen LogP contribution in [0.3, 0.4) is 0 Å². The number of thioether (sulfide) groups is 1. The molecular weight excluding hydrogens is 306 g/mol. The molecule has 0 radical (unpaired) electrons. The van der Waals surface area contributed by atoms with Crippen LogP contribution in [0.2, 0.25) is 0 Å². The lowest BCUT2D eigenvalue weighted by atomic mass is 10.2. The van der Waals surface area contributed by atoms with E-state index in [0.717, 1.165) is 27.5 Å². The maximum atomic E-state index is 11.9. The van der Waals surface area contributed by atoms with Gasteiger partial charge in [0.15, 0.2) is 5.16 Å². The monoisotopic (exact) mass is 325 g/mol. The number of aryl methyl sites for hydroxylation is 1. The van der Waals surface area contributed by atoms with E-state index in [1.54, 1.807) is 11.8 Å². The fourth-order valence-electron chi connectivity index (χ4n) is 2.37. The number of rotatable bonds is 6. The molecule has 4 nitrogen and oxygen atoms in total. The van der Waals surface area contributed by atoms with Crippen molar-refractivity contribution < 1.29 is 4.79 Å². The Balaban J connectivity index is 1.48. The predicted molar refractivity (Wildman–Crippen MR) is 94.3 cm³/mol. The van der Waals surface area contributed by atoms with Crippen molar-refractivity contribution in [1.29, 1.82) is 0 Å². The molecule has 0 bridgehead atoms. The number of nitrogens with one attached hydrogen (secondary N) is 1. The van der Waals surface area contributed by atoms with E-state index >= 15 is 0 Å². The number of carbonyl (C=O) groups is 1. The first kappa shape index (κ1) is 15.6. The fourth-order valence-corrected chi connectivity index (χ4v) is 3.30. The van der Waals surface area contributed by atoms with E-state index in [4.69, 9.17) is 0 Å². The summed E-state index contributed by atoms with van der Waals surface area (Å²) in [6.07, 6.45) is 0.487. The quantitative estimate of drug-likeness (QED) is 0.707. The van der Waals surface area contributed by atoms with Crippen molar-refractivity contribution in [2.45, 2.75) is 18.1 Å². The molecule has 1 heterocycles. The van der Waals surface area contributed by atoms with E-state index in [0.29, 0.717) is 13.0 Å². The lowest BCUT2D eigenvalue weighted by Crippen LogP contribution is -2.22. The van der Waals surface area contributed by atoms with Gasteiger partial charge in [0.25, 0.3) is 0 Å². The van der Waals surface area contributed by atoms with Gasteiger partial charge in [0.05, 0.1) is 11.0 Å². The molecule has 0 fully saturated rings. The van der Waals surface area contributed by atoms with Gasteiger partial charge in [0, 0.05) is 25.8 Å². The van der Waals surface area contributed by atoms with Gasteiger partial charge in [-0.15, -0.1) is 0 Å². The summed E-state index contributed by atoms with van der Waals surface area (Å²) < 4.78 is 2.07. The van der Waals surface area contributed by atoms with E-state index < -0.39 is 0 Å². The lowest BCUT2D eigenvalue weighted by Gasteiger charge is -2.05. The standard InChI is InChI=1S/C18H19N3OS/c1-21-16-10-6-5-9-15(16)20-18(21)23-12-11-17(22)19-13-14-7-3-2-4-8-14/h2-10H,11-13H2,1H3,(H,19,22). The Morgan fingerprint density at radius 3 is 2.65 bits per heavy atom. The summed E-state index contributed by atoms with van der Waals surface area (Å²) >= 11 is 1.61. The van der Waals surface area contributed by atoms with Gasteiger partial charge in [0.1, 0.15) is 0 Å². The minimum atomic E-state index is 0.0696. The zero-order valence-corrected chi connectivity index (χ0v) is 13.8. The Hall–Kier alpha value is -2.27. The number of para-hydroxylation sites is 2. The number of hydrogen-bond acceptors (Lipinski definition) is 3. The van der Waals surface area contributed by atoms with Gasteiger partial charge in [0.2, 0.25) is 5.91 Å². The molecule has 118 valence electrons. The second-order valence-corrected chi connectivity index (χ2v) is 6.36. The summed E-state index contributed by atoms with van der Waals surface area (Å²) in [4.78, 5) is 16.5. The molecule has 0 aliphatic carbocycles. The van der Waals surface area contributed by atoms with Crippen molar-refractivity contribution in [3.05, 3.63) is 60.2 Å². The molecule has 3 aromatic rings. The number of nitrogens with zero attached hydrogens (tertiary/aromatic N) is 2. The Morgan fingerprint density at radius 2 is 1.87 bits per heavy atom. The molecule has 0 aliphatic rings. The van der Waals surface area contributed by atoms with Gasteiger partial charge in [-0.25, -0.2) is 4.98 Å². The first-order chi connectivity index (χ1) is 11.2. The van der Waals surface area contributed by atoms with Crippen LogP contribution in [0, 0.1) is 0 Å². The number of amides is 1. The number of imidazole rings is 1. The van der Waals surface area contributed by atoms with Crippen LogP contribution >= 0.6 is 11.8 Å². The summed E-state index contributed by atoms with van der Waals surface area (Å²) in [6.45, 7) is 0.580. The second kappa shape index (κ2) is 7.33. The molecule has 0 aliphatic heterocycles. The highest BCUT2D eigenvalue weighted by atomic mass is 32.2. The predicted octanol–water partition coefficient (Wildman–Crippen LogP) is 3.37. The molecule has 0 atom stereocenters. The molecule has 2 aromatic carbocycles. The van der Waals surface area contributed by atoms with Crippen LogP contribution < -0.4 is 5.32 Å². The summed E-state index contributed by atoms with van der Waals surface area (Å²) in [6, 6.07) is 18.0. The minimum absolute atomic E-state index is 0.0696. The Labute approximate surface area is 139 Å². The summed E-state index contributed by atoms with van der Waals surface area (Å²) in [7, 11) is 2.01. The first-order valence-electron chi connectivity index (χ1n) is 7.59. The Kier molecular flexibility index (Phi) is 4.98. The van der Waals surface area contributed by atoms with Crippen LogP contribution in [-0.4, -0.2) is 21.2 Å². The van der Waals surface area contributed by atoms with Crippen molar-refractivity contribution in [3.63, 3.8) is 0 Å². The molecule has 5 heteroatoms. The van der Waals surface area contributed by atoms with Crippen LogP contribution in [-0.2, 0) is 18.4 Å². The van der Waals surface area contributed by atoms with Gasteiger partial charge in [-0.2, -0.15) is 0 Å². The molecule has 1 N–H and O–H groups in total. The number of carbonyl (C=O) groups excluding carboxylic acids is 1. The first-order valence-corrected chi connectivity index (χ1v) is 8.57. The molecular formula is C18H19N3OS. The number of benzene rings is 2. The van der Waals surface area contributed by atoms with Gasteiger partial charge < -0.3 is 9.88 Å². The molecule has 0 spiro atoms. The lowest BCUT2D eigenvalue weighted by molar-refractivity contribution is -0.120. The van der Waals surface area contributed by atoms with Crippen molar-refractivity contribution in [2.24, 2.45) is 7.05 Å². The second-order valence-electron chi connectivity index (χ2n) is 5.30. The highest BCUT2D eigenvalue weighted by molar-refractivity contribution is 7.99. The van der Waals surface area contributed by atoms with E-state index in [1.165, 1.54) is 0 Å². The molecule has 3 rings (SSSR count). The molecule has 0 saturated heterocycles. The van der Waals surface area contributed by atoms with Crippen LogP contribution in [0.15, 0.2) is 59.8 Å². The number of fused-ring (bicyclic) bond motifs is 1. The van der Waals surface area contributed by atoms with Crippen molar-refractivity contribution >= 4 is 28.7 Å². The van der Waals surface area contributed by atoms with Gasteiger partial charge in [-0.05, 0) is 17.7 Å². The SMILES string of the molecule is Cn1c(SCCC(=O)NCc2ccccc2)nc2ccccc21. The average molecular weight is 325 g/mol. The maximum Gasteiger partial charge on any atom is 0.221 e. The van der Waals surface area contributed by atoms with Crippen LogP contribution in [0.5, 0.6) is 0 Å². The molecule has 23 heavy (non-hydrogen) atoms. The maximum absolute atomic E-state index is 11.9. The number of hydrogen-bond donors (Lipinski definition) is 1. The fraction of sp³-hybridized carbons (Fsp3) is 0.222. The highest BCUT2D eigenvalue weighted by Gasteiger charge is 2.08. The number of aromatic nitrogens is 2. The van der Waals surface area contributed by atoms with E-state index in [-0.39, 0.29) is 5.91 Å². The van der Waals surface area contributed by atoms with Gasteiger partial charge >= 0.3 is 0 Å². The molecule has 1 aromatic heterocycles. The van der Waals surface area contributed by atoms with E-state index in [2.05, 4.69) is 20.9 Å². The normalized spacial score (nSPS) is 10.8. The highest BCUT2D eigenvalue weighted by Crippen LogP contribution is 2.22. The molecule has 0 unspecified atom stereocenters. The third kappa shape index (κ3) is 3.93. The Bertz CT molecular complexity index is 798. The van der Waals surface area contributed by atoms with Crippen LogP contribution in [0.25, 0.3) is 11.0 Å². The van der Waals surface area contributed by atoms with E-state index in [9.17, 15) is 4.79 Å². The summed E-state index contributed by atoms with van der Waals surface area (Å²) in [5.74, 6) is 0.790. The summed E-state index contributed by atoms with van der Waals surface area (Å²) in [5, 5.41) is 3.89. The van der Waals surface area contributed by atoms with Gasteiger partial charge in [-0.3, -0.25) is 4.79 Å². The molecule has 0 saturated carbocycles. The average Bonchev–Trinajstić information content (AvgIpc) is 2.91. The van der Waals surface area contributed by atoms with Crippen molar-refractivity contribution in [2.75, 3.05) is 5.75 Å². The zero-order chi connectivity index (χ0) is 16.1. The smallest absolute Gasteiger partial charge is 0.221 e. The molecule has 1 amide bonds. The minimum Gasteiger partial charge on any atom is -0.352 e. The topological polar surface area (TPSA) is 46.9 Å². The van der Waals surface area contributed by atoms with Crippen LogP contribution in [0.1, 0.15) is 12.0 Å².